The second-order valence-electron chi connectivity index (χ2n) is 7.58. The molecule has 1 fully saturated rings. The zero-order valence-electron chi connectivity index (χ0n) is 16.1. The summed E-state index contributed by atoms with van der Waals surface area (Å²) in [5, 5.41) is 2.83. The predicted octanol–water partition coefficient (Wildman–Crippen LogP) is 2.58. The average Bonchev–Trinajstić information content (AvgIpc) is 3.20. The third kappa shape index (κ3) is 3.42. The highest BCUT2D eigenvalue weighted by Crippen LogP contribution is 2.38. The van der Waals surface area contributed by atoms with Crippen molar-refractivity contribution in [2.24, 2.45) is 0 Å². The molecule has 1 N–H and O–H groups in total. The molecule has 2 aromatic rings. The van der Waals surface area contributed by atoms with E-state index in [0.29, 0.717) is 18.9 Å². The van der Waals surface area contributed by atoms with Crippen LogP contribution in [0.2, 0.25) is 0 Å². The molecule has 5 rings (SSSR count). The number of ether oxygens (including phenoxy) is 2. The van der Waals surface area contributed by atoms with Crippen LogP contribution >= 0.6 is 0 Å². The molecule has 2 aromatic carbocycles. The van der Waals surface area contributed by atoms with E-state index in [0.717, 1.165) is 42.1 Å². The van der Waals surface area contributed by atoms with Crippen LogP contribution in [-0.2, 0) is 9.59 Å². The highest BCUT2D eigenvalue weighted by atomic mass is 16.6. The third-order valence-electron chi connectivity index (χ3n) is 5.72. The quantitative estimate of drug-likeness (QED) is 0.868. The molecule has 0 unspecified atom stereocenters. The molecule has 3 heterocycles. The molecule has 29 heavy (non-hydrogen) atoms. The molecule has 2 amide bonds. The van der Waals surface area contributed by atoms with Crippen molar-refractivity contribution in [3.63, 3.8) is 0 Å². The highest BCUT2D eigenvalue weighted by molar-refractivity contribution is 6.10. The normalized spacial score (nSPS) is 20.9. The number of likely N-dealkylation sites (tertiary alicyclic amines) is 1. The molecule has 7 nitrogen and oxygen atoms in total. The van der Waals surface area contributed by atoms with Crippen LogP contribution in [0.25, 0.3) is 0 Å². The van der Waals surface area contributed by atoms with Crippen molar-refractivity contribution in [3.05, 3.63) is 48.0 Å². The maximum atomic E-state index is 13.1. The van der Waals surface area contributed by atoms with E-state index in [1.54, 1.807) is 4.90 Å². The Morgan fingerprint density at radius 1 is 1.10 bits per heavy atom. The first-order valence-electron chi connectivity index (χ1n) is 10.0. The number of carbonyl (C=O) groups excluding carboxylic acids is 2. The summed E-state index contributed by atoms with van der Waals surface area (Å²) in [5.74, 6) is 1.32. The summed E-state index contributed by atoms with van der Waals surface area (Å²) in [5.41, 5.74) is 2.57. The van der Waals surface area contributed by atoms with Gasteiger partial charge in [0.2, 0.25) is 11.8 Å². The first-order chi connectivity index (χ1) is 14.2. The molecular formula is C22H23N3O4. The third-order valence-corrected chi connectivity index (χ3v) is 5.72. The van der Waals surface area contributed by atoms with Crippen LogP contribution in [-0.4, -0.2) is 49.6 Å². The SMILES string of the molecule is O=C1CN(C(=O)CN2CCC[C@@H]2c2ccc3c(c2)OCCO3)c2ccccc2N1. The number of rotatable bonds is 3. The lowest BCUT2D eigenvalue weighted by Crippen LogP contribution is -2.46. The van der Waals surface area contributed by atoms with Crippen LogP contribution in [0.15, 0.2) is 42.5 Å². The smallest absolute Gasteiger partial charge is 0.244 e. The number of carbonyl (C=O) groups is 2. The summed E-state index contributed by atoms with van der Waals surface area (Å²) in [7, 11) is 0. The maximum Gasteiger partial charge on any atom is 0.244 e. The minimum atomic E-state index is -0.165. The van der Waals surface area contributed by atoms with E-state index in [9.17, 15) is 9.59 Å². The molecule has 0 bridgehead atoms. The summed E-state index contributed by atoms with van der Waals surface area (Å²) >= 11 is 0. The van der Waals surface area contributed by atoms with Crippen molar-refractivity contribution >= 4 is 23.2 Å². The Morgan fingerprint density at radius 2 is 1.93 bits per heavy atom. The van der Waals surface area contributed by atoms with Gasteiger partial charge < -0.3 is 14.8 Å². The van der Waals surface area contributed by atoms with E-state index in [1.165, 1.54) is 0 Å². The zero-order chi connectivity index (χ0) is 19.8. The topological polar surface area (TPSA) is 71.1 Å². The molecular weight excluding hydrogens is 370 g/mol. The molecule has 0 saturated carbocycles. The molecule has 0 aromatic heterocycles. The lowest BCUT2D eigenvalue weighted by molar-refractivity contribution is -0.122. The van der Waals surface area contributed by atoms with Gasteiger partial charge in [-0.15, -0.1) is 0 Å². The number of para-hydroxylation sites is 2. The number of amides is 2. The van der Waals surface area contributed by atoms with E-state index in [4.69, 9.17) is 9.47 Å². The number of nitrogens with one attached hydrogen (secondary N) is 1. The number of anilines is 2. The number of nitrogens with zero attached hydrogens (tertiary/aromatic N) is 2. The van der Waals surface area contributed by atoms with Gasteiger partial charge in [0.1, 0.15) is 19.8 Å². The first kappa shape index (κ1) is 18.0. The van der Waals surface area contributed by atoms with E-state index in [2.05, 4.69) is 16.3 Å². The highest BCUT2D eigenvalue weighted by Gasteiger charge is 2.32. The molecule has 1 atom stereocenters. The monoisotopic (exact) mass is 393 g/mol. The minimum Gasteiger partial charge on any atom is -0.486 e. The molecule has 0 radical (unpaired) electrons. The first-order valence-corrected chi connectivity index (χ1v) is 10.0. The van der Waals surface area contributed by atoms with E-state index in [-0.39, 0.29) is 30.9 Å². The Balaban J connectivity index is 1.35. The van der Waals surface area contributed by atoms with Crippen LogP contribution in [0.1, 0.15) is 24.4 Å². The fourth-order valence-corrected chi connectivity index (χ4v) is 4.37. The summed E-state index contributed by atoms with van der Waals surface area (Å²) in [6.07, 6.45) is 2.02. The van der Waals surface area contributed by atoms with Crippen molar-refractivity contribution in [1.29, 1.82) is 0 Å². The number of hydrogen-bond donors (Lipinski definition) is 1. The Hall–Kier alpha value is -3.06. The summed E-state index contributed by atoms with van der Waals surface area (Å²) in [6, 6.07) is 13.6. The van der Waals surface area contributed by atoms with Gasteiger partial charge in [0.25, 0.3) is 0 Å². The van der Waals surface area contributed by atoms with Crippen LogP contribution in [0.4, 0.5) is 11.4 Å². The van der Waals surface area contributed by atoms with Crippen LogP contribution in [0.3, 0.4) is 0 Å². The number of hydrogen-bond acceptors (Lipinski definition) is 5. The standard InChI is InChI=1S/C22H23N3O4/c26-21-13-25(18-5-2-1-4-16(18)23-21)22(27)14-24-9-3-6-17(24)15-7-8-19-20(12-15)29-11-10-28-19/h1-2,4-5,7-8,12,17H,3,6,9-11,13-14H2,(H,23,26)/t17-/m1/s1. The summed E-state index contributed by atoms with van der Waals surface area (Å²) in [6.45, 7) is 2.31. The second-order valence-corrected chi connectivity index (χ2v) is 7.58. The second kappa shape index (κ2) is 7.40. The molecule has 1 saturated heterocycles. The number of fused-ring (bicyclic) bond motifs is 2. The molecule has 3 aliphatic rings. The van der Waals surface area contributed by atoms with E-state index in [1.807, 2.05) is 36.4 Å². The largest absolute Gasteiger partial charge is 0.486 e. The average molecular weight is 393 g/mol. The number of benzene rings is 2. The fourth-order valence-electron chi connectivity index (χ4n) is 4.37. The zero-order valence-corrected chi connectivity index (χ0v) is 16.1. The van der Waals surface area contributed by atoms with Gasteiger partial charge in [0.05, 0.1) is 17.9 Å². The van der Waals surface area contributed by atoms with Gasteiger partial charge in [-0.05, 0) is 49.2 Å². The van der Waals surface area contributed by atoms with Crippen LogP contribution in [0.5, 0.6) is 11.5 Å². The van der Waals surface area contributed by atoms with Gasteiger partial charge >= 0.3 is 0 Å². The Kier molecular flexibility index (Phi) is 4.60. The van der Waals surface area contributed by atoms with Crippen molar-refractivity contribution in [2.75, 3.05) is 43.1 Å². The molecule has 0 aliphatic carbocycles. The van der Waals surface area contributed by atoms with Gasteiger partial charge in [0.15, 0.2) is 11.5 Å². The molecule has 0 spiro atoms. The summed E-state index contributed by atoms with van der Waals surface area (Å²) in [4.78, 5) is 29.0. The van der Waals surface area contributed by atoms with Crippen LogP contribution in [0, 0.1) is 0 Å². The minimum absolute atomic E-state index is 0.0539. The maximum absolute atomic E-state index is 13.1. The predicted molar refractivity (Wildman–Crippen MR) is 108 cm³/mol. The lowest BCUT2D eigenvalue weighted by Gasteiger charge is -2.32. The Bertz CT molecular complexity index is 961. The van der Waals surface area contributed by atoms with Gasteiger partial charge in [-0.1, -0.05) is 18.2 Å². The van der Waals surface area contributed by atoms with Gasteiger partial charge in [-0.2, -0.15) is 0 Å². The van der Waals surface area contributed by atoms with Crippen LogP contribution < -0.4 is 19.7 Å². The van der Waals surface area contributed by atoms with E-state index >= 15 is 0 Å². The lowest BCUT2D eigenvalue weighted by atomic mass is 10.0. The van der Waals surface area contributed by atoms with Gasteiger partial charge in [-0.25, -0.2) is 0 Å². The van der Waals surface area contributed by atoms with Crippen molar-refractivity contribution in [2.45, 2.75) is 18.9 Å². The fraction of sp³-hybridized carbons (Fsp3) is 0.364. The van der Waals surface area contributed by atoms with Crippen molar-refractivity contribution < 1.29 is 19.1 Å². The van der Waals surface area contributed by atoms with E-state index < -0.39 is 0 Å². The Morgan fingerprint density at radius 3 is 2.83 bits per heavy atom. The van der Waals surface area contributed by atoms with Gasteiger partial charge in [0, 0.05) is 6.04 Å². The molecule has 150 valence electrons. The summed E-state index contributed by atoms with van der Waals surface area (Å²) < 4.78 is 11.3. The van der Waals surface area contributed by atoms with Gasteiger partial charge in [-0.3, -0.25) is 19.4 Å². The Labute approximate surface area is 169 Å². The van der Waals surface area contributed by atoms with Crippen molar-refractivity contribution in [3.8, 4) is 11.5 Å². The molecule has 3 aliphatic heterocycles. The molecule has 7 heteroatoms. The van der Waals surface area contributed by atoms with Crippen molar-refractivity contribution in [1.82, 2.24) is 4.90 Å².